The first kappa shape index (κ1) is 17.3. The summed E-state index contributed by atoms with van der Waals surface area (Å²) in [5, 5.41) is 6.01. The summed E-state index contributed by atoms with van der Waals surface area (Å²) in [4.78, 5) is 16.4. The number of fused-ring (bicyclic) bond motifs is 1. The number of carbonyl (C=O) groups excluding carboxylic acids is 1. The van der Waals surface area contributed by atoms with E-state index in [2.05, 4.69) is 33.2 Å². The zero-order chi connectivity index (χ0) is 17.8. The number of nitrogens with zero attached hydrogens (tertiary/aromatic N) is 2. The monoisotopic (exact) mass is 342 g/mol. The number of benzene rings is 1. The van der Waals surface area contributed by atoms with Crippen LogP contribution in [0.3, 0.4) is 0 Å². The minimum absolute atomic E-state index is 0.00912. The highest BCUT2D eigenvalue weighted by atomic mass is 16.5. The number of nitrogens with one attached hydrogen (secondary N) is 2. The predicted molar refractivity (Wildman–Crippen MR) is 96.8 cm³/mol. The molecule has 0 spiro atoms. The van der Waals surface area contributed by atoms with Crippen molar-refractivity contribution in [1.29, 1.82) is 0 Å². The quantitative estimate of drug-likeness (QED) is 0.848. The van der Waals surface area contributed by atoms with Crippen molar-refractivity contribution in [3.63, 3.8) is 0 Å². The summed E-state index contributed by atoms with van der Waals surface area (Å²) in [7, 11) is 0. The predicted octanol–water partition coefficient (Wildman–Crippen LogP) is 2.69. The van der Waals surface area contributed by atoms with E-state index in [1.807, 2.05) is 38.2 Å². The molecule has 1 aliphatic rings. The third kappa shape index (κ3) is 4.13. The number of para-hydroxylation sites is 1. The van der Waals surface area contributed by atoms with Crippen molar-refractivity contribution in [1.82, 2.24) is 20.2 Å². The molecule has 1 aromatic carbocycles. The van der Waals surface area contributed by atoms with Gasteiger partial charge < -0.3 is 19.9 Å². The molecule has 1 aliphatic heterocycles. The number of amides is 2. The number of imidazole rings is 1. The molecule has 2 N–H and O–H groups in total. The average Bonchev–Trinajstić information content (AvgIpc) is 3.19. The van der Waals surface area contributed by atoms with Crippen molar-refractivity contribution >= 4 is 6.03 Å². The molecule has 0 aliphatic carbocycles. The Morgan fingerprint density at radius 3 is 2.96 bits per heavy atom. The Morgan fingerprint density at radius 2 is 2.20 bits per heavy atom. The molecule has 0 fully saturated rings. The number of urea groups is 1. The van der Waals surface area contributed by atoms with Crippen LogP contribution in [-0.2, 0) is 6.54 Å². The van der Waals surface area contributed by atoms with E-state index in [0.717, 1.165) is 18.1 Å². The van der Waals surface area contributed by atoms with Crippen molar-refractivity contribution in [3.05, 3.63) is 48.0 Å². The van der Waals surface area contributed by atoms with Crippen LogP contribution in [0.4, 0.5) is 4.79 Å². The Kier molecular flexibility index (Phi) is 5.26. The van der Waals surface area contributed by atoms with Crippen LogP contribution in [-0.4, -0.2) is 34.8 Å². The molecule has 2 aromatic rings. The molecular weight excluding hydrogens is 316 g/mol. The molecule has 6 heteroatoms. The Balaban J connectivity index is 1.45. The van der Waals surface area contributed by atoms with Gasteiger partial charge in [-0.3, -0.25) is 0 Å². The van der Waals surface area contributed by atoms with Crippen molar-refractivity contribution in [2.24, 2.45) is 5.92 Å². The van der Waals surface area contributed by atoms with Gasteiger partial charge in [0.1, 0.15) is 11.6 Å². The average molecular weight is 342 g/mol. The van der Waals surface area contributed by atoms with Gasteiger partial charge in [0.2, 0.25) is 0 Å². The van der Waals surface area contributed by atoms with E-state index in [9.17, 15) is 4.79 Å². The zero-order valence-corrected chi connectivity index (χ0v) is 15.0. The van der Waals surface area contributed by atoms with E-state index >= 15 is 0 Å². The molecule has 0 saturated carbocycles. The third-order valence-corrected chi connectivity index (χ3v) is 4.74. The van der Waals surface area contributed by atoms with Crippen LogP contribution in [0.1, 0.15) is 31.2 Å². The number of aryl methyl sites for hydroxylation is 1. The molecule has 2 heterocycles. The third-order valence-electron chi connectivity index (χ3n) is 4.74. The van der Waals surface area contributed by atoms with E-state index in [1.54, 1.807) is 6.20 Å². The van der Waals surface area contributed by atoms with Gasteiger partial charge in [0.05, 0.1) is 6.61 Å². The zero-order valence-electron chi connectivity index (χ0n) is 15.0. The summed E-state index contributed by atoms with van der Waals surface area (Å²) >= 11 is 0. The minimum atomic E-state index is -0.133. The van der Waals surface area contributed by atoms with Crippen molar-refractivity contribution in [3.8, 4) is 5.75 Å². The summed E-state index contributed by atoms with van der Waals surface area (Å²) in [6.45, 7) is 8.19. The first-order chi connectivity index (χ1) is 12.0. The van der Waals surface area contributed by atoms with Gasteiger partial charge in [-0.05, 0) is 25.8 Å². The lowest BCUT2D eigenvalue weighted by atomic mass is 9.94. The number of hydrogen-bond acceptors (Lipinski definition) is 3. The van der Waals surface area contributed by atoms with Gasteiger partial charge in [0, 0.05) is 43.0 Å². The molecule has 134 valence electrons. The van der Waals surface area contributed by atoms with Gasteiger partial charge in [-0.25, -0.2) is 9.78 Å². The van der Waals surface area contributed by atoms with E-state index < -0.39 is 0 Å². The smallest absolute Gasteiger partial charge is 0.315 e. The van der Waals surface area contributed by atoms with Gasteiger partial charge >= 0.3 is 6.03 Å². The van der Waals surface area contributed by atoms with Gasteiger partial charge in [-0.1, -0.05) is 25.1 Å². The largest absolute Gasteiger partial charge is 0.493 e. The van der Waals surface area contributed by atoms with Gasteiger partial charge in [-0.15, -0.1) is 0 Å². The van der Waals surface area contributed by atoms with Crippen molar-refractivity contribution < 1.29 is 9.53 Å². The van der Waals surface area contributed by atoms with E-state index in [1.165, 1.54) is 5.56 Å². The second-order valence-corrected chi connectivity index (χ2v) is 6.83. The molecular formula is C19H26N4O2. The van der Waals surface area contributed by atoms with Crippen LogP contribution in [0.2, 0.25) is 0 Å². The second-order valence-electron chi connectivity index (χ2n) is 6.83. The van der Waals surface area contributed by atoms with Crippen LogP contribution in [0, 0.1) is 12.8 Å². The Labute approximate surface area is 148 Å². The van der Waals surface area contributed by atoms with Crippen LogP contribution < -0.4 is 15.4 Å². The fraction of sp³-hybridized carbons (Fsp3) is 0.474. The molecule has 25 heavy (non-hydrogen) atoms. The molecule has 2 amide bonds. The van der Waals surface area contributed by atoms with Gasteiger partial charge in [0.25, 0.3) is 0 Å². The van der Waals surface area contributed by atoms with Crippen molar-refractivity contribution in [2.75, 3.05) is 13.2 Å². The normalized spacial score (nSPS) is 18.1. The lowest BCUT2D eigenvalue weighted by molar-refractivity contribution is 0.231. The molecule has 0 unspecified atom stereocenters. The summed E-state index contributed by atoms with van der Waals surface area (Å²) in [5.74, 6) is 2.42. The van der Waals surface area contributed by atoms with E-state index in [4.69, 9.17) is 4.74 Å². The first-order valence-corrected chi connectivity index (χ1v) is 8.78. The Hall–Kier alpha value is -2.50. The highest BCUT2D eigenvalue weighted by Gasteiger charge is 2.29. The first-order valence-electron chi connectivity index (χ1n) is 8.78. The molecule has 0 saturated heterocycles. The van der Waals surface area contributed by atoms with Crippen LogP contribution in [0.25, 0.3) is 0 Å². The standard InChI is InChI=1S/C19H26N4O2/c1-13(11-23-9-8-20-15(23)3)10-21-19(24)22-14(2)17-12-25-18-7-5-4-6-16(17)18/h4-9,13-14,17H,10-12H2,1-3H3,(H2,21,22,24)/t13-,14+,17+/m1/s1. The lowest BCUT2D eigenvalue weighted by Crippen LogP contribution is -2.45. The summed E-state index contributed by atoms with van der Waals surface area (Å²) in [5.41, 5.74) is 1.17. The molecule has 0 bridgehead atoms. The van der Waals surface area contributed by atoms with Gasteiger partial charge in [0.15, 0.2) is 0 Å². The fourth-order valence-electron chi connectivity index (χ4n) is 3.22. The number of ether oxygens (including phenoxy) is 1. The topological polar surface area (TPSA) is 68.2 Å². The SMILES string of the molecule is Cc1nccn1C[C@H](C)CNC(=O)N[C@@H](C)[C@@H]1COc2ccccc21. The number of rotatable bonds is 6. The number of carbonyl (C=O) groups is 1. The van der Waals surface area contributed by atoms with Crippen LogP contribution >= 0.6 is 0 Å². The van der Waals surface area contributed by atoms with E-state index in [-0.39, 0.29) is 18.0 Å². The van der Waals surface area contributed by atoms with Gasteiger partial charge in [-0.2, -0.15) is 0 Å². The second kappa shape index (κ2) is 7.59. The molecule has 6 nitrogen and oxygen atoms in total. The maximum atomic E-state index is 12.2. The molecule has 3 atom stereocenters. The molecule has 3 rings (SSSR count). The summed E-state index contributed by atoms with van der Waals surface area (Å²) in [6, 6.07) is 7.89. The van der Waals surface area contributed by atoms with Crippen LogP contribution in [0.5, 0.6) is 5.75 Å². The summed E-state index contributed by atoms with van der Waals surface area (Å²) in [6.07, 6.45) is 3.76. The maximum Gasteiger partial charge on any atom is 0.315 e. The van der Waals surface area contributed by atoms with E-state index in [0.29, 0.717) is 19.1 Å². The number of aromatic nitrogens is 2. The molecule has 1 aromatic heterocycles. The Morgan fingerprint density at radius 1 is 1.40 bits per heavy atom. The van der Waals surface area contributed by atoms with Crippen molar-refractivity contribution in [2.45, 2.75) is 39.3 Å². The maximum absolute atomic E-state index is 12.2. The fourth-order valence-corrected chi connectivity index (χ4v) is 3.22. The molecule has 0 radical (unpaired) electrons. The highest BCUT2D eigenvalue weighted by Crippen LogP contribution is 2.35. The highest BCUT2D eigenvalue weighted by molar-refractivity contribution is 5.74. The summed E-state index contributed by atoms with van der Waals surface area (Å²) < 4.78 is 7.80. The lowest BCUT2D eigenvalue weighted by Gasteiger charge is -2.21. The number of hydrogen-bond donors (Lipinski definition) is 2. The minimum Gasteiger partial charge on any atom is -0.493 e. The Bertz CT molecular complexity index is 728. The van der Waals surface area contributed by atoms with Crippen LogP contribution in [0.15, 0.2) is 36.7 Å².